The number of nitrogens with zero attached hydrogens (tertiary/aromatic N) is 3. The van der Waals surface area contributed by atoms with E-state index >= 15 is 0 Å². The summed E-state index contributed by atoms with van der Waals surface area (Å²) in [5, 5.41) is 13.7. The lowest BCUT2D eigenvalue weighted by Gasteiger charge is -2.11. The highest BCUT2D eigenvalue weighted by atomic mass is 32.2. The Balaban J connectivity index is 1.69. The largest absolute Gasteiger partial charge is 0.319 e. The third kappa shape index (κ3) is 4.04. The quantitative estimate of drug-likeness (QED) is 0.463. The summed E-state index contributed by atoms with van der Waals surface area (Å²) in [5.41, 5.74) is 0.564. The molecule has 0 radical (unpaired) electrons. The Labute approximate surface area is 167 Å². The number of pyridine rings is 1. The molecule has 0 spiro atoms. The summed E-state index contributed by atoms with van der Waals surface area (Å²) >= 11 is 2.74. The first kappa shape index (κ1) is 20.0. The van der Waals surface area contributed by atoms with Gasteiger partial charge in [0, 0.05) is 11.1 Å². The van der Waals surface area contributed by atoms with Crippen LogP contribution in [0.25, 0.3) is 10.2 Å². The van der Waals surface area contributed by atoms with E-state index in [0.29, 0.717) is 21.8 Å². The minimum atomic E-state index is -0.602. The lowest BCUT2D eigenvalue weighted by atomic mass is 10.2. The van der Waals surface area contributed by atoms with E-state index in [9.17, 15) is 19.7 Å². The average molecular weight is 419 g/mol. The van der Waals surface area contributed by atoms with Crippen molar-refractivity contribution < 1.29 is 9.72 Å². The van der Waals surface area contributed by atoms with Gasteiger partial charge in [0.1, 0.15) is 22.5 Å². The molecule has 3 rings (SSSR count). The highest BCUT2D eigenvalue weighted by Crippen LogP contribution is 2.27. The summed E-state index contributed by atoms with van der Waals surface area (Å²) in [6.45, 7) is 5.52. The predicted octanol–water partition coefficient (Wildman–Crippen LogP) is 3.17. The number of H-pyrrole nitrogens is 1. The normalized spacial score (nSPS) is 12.1. The molecule has 11 heteroatoms. The van der Waals surface area contributed by atoms with Crippen LogP contribution in [0.3, 0.4) is 0 Å². The number of thioether (sulfide) groups is 1. The van der Waals surface area contributed by atoms with E-state index in [1.807, 2.05) is 13.8 Å². The molecule has 146 valence electrons. The molecule has 0 fully saturated rings. The zero-order valence-corrected chi connectivity index (χ0v) is 16.9. The number of aromatic amines is 1. The lowest BCUT2D eigenvalue weighted by molar-refractivity contribution is -0.384. The van der Waals surface area contributed by atoms with E-state index in [0.717, 1.165) is 16.6 Å². The zero-order valence-electron chi connectivity index (χ0n) is 15.3. The molecule has 1 unspecified atom stereocenters. The number of nitro groups is 1. The molecule has 0 bridgehead atoms. The first-order valence-corrected chi connectivity index (χ1v) is 10.1. The van der Waals surface area contributed by atoms with Gasteiger partial charge in [-0.2, -0.15) is 0 Å². The topological polar surface area (TPSA) is 131 Å². The van der Waals surface area contributed by atoms with Gasteiger partial charge in [-0.25, -0.2) is 4.98 Å². The number of nitrogens with one attached hydrogen (secondary N) is 2. The molecule has 0 saturated carbocycles. The third-order valence-corrected chi connectivity index (χ3v) is 6.44. The van der Waals surface area contributed by atoms with Crippen LogP contribution in [0.5, 0.6) is 0 Å². The Kier molecular flexibility index (Phi) is 5.75. The monoisotopic (exact) mass is 419 g/mol. The Morgan fingerprint density at radius 2 is 2.21 bits per heavy atom. The third-order valence-electron chi connectivity index (χ3n) is 4.18. The van der Waals surface area contributed by atoms with Crippen molar-refractivity contribution in [3.05, 3.63) is 55.2 Å². The molecule has 28 heavy (non-hydrogen) atoms. The van der Waals surface area contributed by atoms with Gasteiger partial charge in [-0.15, -0.1) is 23.1 Å². The van der Waals surface area contributed by atoms with E-state index in [2.05, 4.69) is 20.3 Å². The van der Waals surface area contributed by atoms with Crippen LogP contribution in [-0.4, -0.2) is 31.0 Å². The Hall–Kier alpha value is -2.79. The van der Waals surface area contributed by atoms with Crippen LogP contribution in [-0.2, 0) is 10.5 Å². The van der Waals surface area contributed by atoms with Gasteiger partial charge in [0.05, 0.1) is 21.3 Å². The molecule has 9 nitrogen and oxygen atoms in total. The summed E-state index contributed by atoms with van der Waals surface area (Å²) in [6.07, 6.45) is 2.46. The van der Waals surface area contributed by atoms with Crippen LogP contribution in [0.1, 0.15) is 23.2 Å². The molecule has 0 aliphatic carbocycles. The van der Waals surface area contributed by atoms with Crippen LogP contribution < -0.4 is 10.9 Å². The molecule has 0 aromatic carbocycles. The molecule has 3 aromatic heterocycles. The zero-order chi connectivity index (χ0) is 20.4. The van der Waals surface area contributed by atoms with Gasteiger partial charge in [-0.05, 0) is 32.4 Å². The number of aryl methyl sites for hydroxylation is 2. The van der Waals surface area contributed by atoms with Gasteiger partial charge >= 0.3 is 5.69 Å². The Morgan fingerprint density at radius 1 is 1.46 bits per heavy atom. The van der Waals surface area contributed by atoms with Crippen LogP contribution in [0.2, 0.25) is 0 Å². The van der Waals surface area contributed by atoms with Crippen LogP contribution in [0.15, 0.2) is 23.3 Å². The predicted molar refractivity (Wildman–Crippen MR) is 110 cm³/mol. The number of fused-ring (bicyclic) bond motifs is 1. The van der Waals surface area contributed by atoms with E-state index in [1.54, 1.807) is 6.92 Å². The molecule has 3 heterocycles. The molecule has 0 aliphatic rings. The first-order valence-electron chi connectivity index (χ1n) is 8.27. The highest BCUT2D eigenvalue weighted by molar-refractivity contribution is 7.99. The molecule has 1 atom stereocenters. The molecular weight excluding hydrogens is 402 g/mol. The maximum atomic E-state index is 12.4. The van der Waals surface area contributed by atoms with Gasteiger partial charge in [-0.3, -0.25) is 24.7 Å². The summed E-state index contributed by atoms with van der Waals surface area (Å²) in [7, 11) is 0. The number of hydrogen-bond acceptors (Lipinski definition) is 8. The SMILES string of the molecule is Cc1sc2nc(CSC(C)C(=O)Nc3ccncc3[N+](=O)[O-])[nH]c(=O)c2c1C. The second-order valence-corrected chi connectivity index (χ2v) is 8.60. The van der Waals surface area contributed by atoms with Crippen LogP contribution in [0, 0.1) is 24.0 Å². The molecule has 2 N–H and O–H groups in total. The number of carbonyl (C=O) groups is 1. The van der Waals surface area contributed by atoms with Gasteiger partial charge in [0.2, 0.25) is 5.91 Å². The summed E-state index contributed by atoms with van der Waals surface area (Å²) in [4.78, 5) is 47.8. The Bertz CT molecular complexity index is 1120. The second kappa shape index (κ2) is 8.07. The smallest absolute Gasteiger partial charge is 0.310 e. The van der Waals surface area contributed by atoms with Gasteiger partial charge in [0.25, 0.3) is 5.56 Å². The van der Waals surface area contributed by atoms with Crippen molar-refractivity contribution in [3.63, 3.8) is 0 Å². The van der Waals surface area contributed by atoms with E-state index < -0.39 is 10.2 Å². The van der Waals surface area contributed by atoms with Gasteiger partial charge < -0.3 is 10.3 Å². The van der Waals surface area contributed by atoms with Gasteiger partial charge in [0.15, 0.2) is 0 Å². The van der Waals surface area contributed by atoms with E-state index in [1.165, 1.54) is 35.4 Å². The van der Waals surface area contributed by atoms with E-state index in [4.69, 9.17) is 0 Å². The number of aromatic nitrogens is 3. The number of hydrogen-bond donors (Lipinski definition) is 2. The average Bonchev–Trinajstić information content (AvgIpc) is 2.94. The number of carbonyl (C=O) groups excluding carboxylic acids is 1. The van der Waals surface area contributed by atoms with Crippen molar-refractivity contribution >= 4 is 50.6 Å². The molecule has 0 aliphatic heterocycles. The fraction of sp³-hybridized carbons (Fsp3) is 0.294. The number of thiophene rings is 1. The minimum Gasteiger partial charge on any atom is -0.319 e. The number of amides is 1. The van der Waals surface area contributed by atoms with Crippen molar-refractivity contribution in [3.8, 4) is 0 Å². The van der Waals surface area contributed by atoms with Crippen LogP contribution in [0.4, 0.5) is 11.4 Å². The summed E-state index contributed by atoms with van der Waals surface area (Å²) in [6, 6.07) is 1.38. The van der Waals surface area contributed by atoms with Gasteiger partial charge in [-0.1, -0.05) is 0 Å². The maximum Gasteiger partial charge on any atom is 0.310 e. The lowest BCUT2D eigenvalue weighted by Crippen LogP contribution is -2.23. The molecule has 0 saturated heterocycles. The Morgan fingerprint density at radius 3 is 2.93 bits per heavy atom. The number of anilines is 1. The minimum absolute atomic E-state index is 0.0925. The number of rotatable bonds is 6. The van der Waals surface area contributed by atoms with Crippen molar-refractivity contribution in [2.24, 2.45) is 0 Å². The fourth-order valence-electron chi connectivity index (χ4n) is 2.52. The second-order valence-electron chi connectivity index (χ2n) is 6.07. The fourth-order valence-corrected chi connectivity index (χ4v) is 4.32. The standard InChI is InChI=1S/C17H17N5O4S2/c1-8-9(2)28-17-14(8)16(24)20-13(21-17)7-27-10(3)15(23)19-11-4-5-18-6-12(11)22(25)26/h4-6,10H,7H2,1-3H3,(H,18,19,23)(H,20,21,24). The highest BCUT2D eigenvalue weighted by Gasteiger charge is 2.20. The van der Waals surface area contributed by atoms with E-state index in [-0.39, 0.29) is 22.8 Å². The molecule has 3 aromatic rings. The maximum absolute atomic E-state index is 12.4. The van der Waals surface area contributed by atoms with Crippen molar-refractivity contribution in [1.29, 1.82) is 0 Å². The molecule has 1 amide bonds. The van der Waals surface area contributed by atoms with Crippen molar-refractivity contribution in [2.75, 3.05) is 5.32 Å². The first-order chi connectivity index (χ1) is 13.3. The van der Waals surface area contributed by atoms with Crippen molar-refractivity contribution in [2.45, 2.75) is 31.8 Å². The van der Waals surface area contributed by atoms with Crippen molar-refractivity contribution in [1.82, 2.24) is 15.0 Å². The van der Waals surface area contributed by atoms with Crippen LogP contribution >= 0.6 is 23.1 Å². The summed E-state index contributed by atoms with van der Waals surface area (Å²) in [5.74, 6) is 0.428. The summed E-state index contributed by atoms with van der Waals surface area (Å²) < 4.78 is 0. The molecular formula is C17H17N5O4S2.